The van der Waals surface area contributed by atoms with E-state index in [0.717, 1.165) is 5.56 Å². The topological polar surface area (TPSA) is 58.6 Å². The van der Waals surface area contributed by atoms with Gasteiger partial charge in [-0.1, -0.05) is 23.7 Å². The van der Waals surface area contributed by atoms with Gasteiger partial charge in [-0.25, -0.2) is 4.39 Å². The summed E-state index contributed by atoms with van der Waals surface area (Å²) in [4.78, 5) is 25.5. The van der Waals surface area contributed by atoms with Crippen LogP contribution in [0.15, 0.2) is 42.5 Å². The van der Waals surface area contributed by atoms with Gasteiger partial charge in [-0.3, -0.25) is 9.59 Å². The second-order valence-corrected chi connectivity index (χ2v) is 6.08. The molecule has 0 aliphatic heterocycles. The second kappa shape index (κ2) is 9.20. The average molecular weight is 379 g/mol. The van der Waals surface area contributed by atoms with Gasteiger partial charge in [0.15, 0.2) is 0 Å². The van der Waals surface area contributed by atoms with E-state index >= 15 is 0 Å². The lowest BCUT2D eigenvalue weighted by atomic mass is 10.2. The molecule has 2 amide bonds. The Morgan fingerprint density at radius 1 is 1.19 bits per heavy atom. The third-order valence-corrected chi connectivity index (χ3v) is 4.01. The number of anilines is 1. The Bertz CT molecular complexity index is 781. The SMILES string of the molecule is COc1ccc(Cl)cc1N(CCC(=O)NCc1ccc(F)cc1)C(C)=O. The molecule has 5 nitrogen and oxygen atoms in total. The number of nitrogens with one attached hydrogen (secondary N) is 1. The Hall–Kier alpha value is -2.60. The zero-order chi connectivity index (χ0) is 19.1. The summed E-state index contributed by atoms with van der Waals surface area (Å²) in [6.07, 6.45) is 0.108. The molecule has 138 valence electrons. The fraction of sp³-hybridized carbons (Fsp3) is 0.263. The van der Waals surface area contributed by atoms with Crippen molar-refractivity contribution in [2.24, 2.45) is 0 Å². The van der Waals surface area contributed by atoms with Gasteiger partial charge in [0.25, 0.3) is 0 Å². The van der Waals surface area contributed by atoms with Crippen LogP contribution in [0.1, 0.15) is 18.9 Å². The fourth-order valence-corrected chi connectivity index (χ4v) is 2.59. The summed E-state index contributed by atoms with van der Waals surface area (Å²) in [6.45, 7) is 1.89. The lowest BCUT2D eigenvalue weighted by Gasteiger charge is -2.23. The van der Waals surface area contributed by atoms with Gasteiger partial charge >= 0.3 is 0 Å². The quantitative estimate of drug-likeness (QED) is 0.801. The molecule has 26 heavy (non-hydrogen) atoms. The maximum absolute atomic E-state index is 12.9. The number of carbonyl (C=O) groups excluding carboxylic acids is 2. The molecular formula is C19H20ClFN2O3. The third kappa shape index (κ3) is 5.46. The molecule has 0 aromatic heterocycles. The van der Waals surface area contributed by atoms with E-state index in [-0.39, 0.29) is 30.6 Å². The number of amides is 2. The van der Waals surface area contributed by atoms with E-state index in [1.165, 1.54) is 31.1 Å². The lowest BCUT2D eigenvalue weighted by Crippen LogP contribution is -2.34. The van der Waals surface area contributed by atoms with Crippen LogP contribution in [0.2, 0.25) is 5.02 Å². The first-order valence-electron chi connectivity index (χ1n) is 8.03. The second-order valence-electron chi connectivity index (χ2n) is 5.64. The molecule has 0 fully saturated rings. The Labute approximate surface area is 156 Å². The van der Waals surface area contributed by atoms with Gasteiger partial charge in [-0.15, -0.1) is 0 Å². The van der Waals surface area contributed by atoms with Crippen molar-refractivity contribution in [3.8, 4) is 5.75 Å². The van der Waals surface area contributed by atoms with Crippen LogP contribution in [0.3, 0.4) is 0 Å². The number of methoxy groups -OCH3 is 1. The summed E-state index contributed by atoms with van der Waals surface area (Å²) >= 11 is 6.01. The van der Waals surface area contributed by atoms with Gasteiger partial charge in [0.05, 0.1) is 12.8 Å². The minimum atomic E-state index is -0.326. The van der Waals surface area contributed by atoms with Crippen LogP contribution in [0, 0.1) is 5.82 Å². The number of ether oxygens (including phenoxy) is 1. The van der Waals surface area contributed by atoms with Gasteiger partial charge < -0.3 is 15.0 Å². The van der Waals surface area contributed by atoms with Crippen molar-refractivity contribution < 1.29 is 18.7 Å². The summed E-state index contributed by atoms with van der Waals surface area (Å²) in [5, 5.41) is 3.21. The molecular weight excluding hydrogens is 359 g/mol. The minimum absolute atomic E-state index is 0.108. The standard InChI is InChI=1S/C19H20ClFN2O3/c1-13(24)23(17-11-15(20)5-8-18(17)26-2)10-9-19(25)22-12-14-3-6-16(21)7-4-14/h3-8,11H,9-10,12H2,1-2H3,(H,22,25). The first kappa shape index (κ1) is 19.7. The highest BCUT2D eigenvalue weighted by molar-refractivity contribution is 6.31. The van der Waals surface area contributed by atoms with Gasteiger partial charge in [0.1, 0.15) is 11.6 Å². The van der Waals surface area contributed by atoms with E-state index in [0.29, 0.717) is 23.0 Å². The molecule has 0 aliphatic rings. The highest BCUT2D eigenvalue weighted by Crippen LogP contribution is 2.31. The zero-order valence-corrected chi connectivity index (χ0v) is 15.3. The highest BCUT2D eigenvalue weighted by atomic mass is 35.5. The van der Waals surface area contributed by atoms with Crippen LogP contribution in [-0.2, 0) is 16.1 Å². The number of rotatable bonds is 7. The zero-order valence-electron chi connectivity index (χ0n) is 14.6. The van der Waals surface area contributed by atoms with E-state index < -0.39 is 0 Å². The van der Waals surface area contributed by atoms with Gasteiger partial charge in [-0.05, 0) is 35.9 Å². The van der Waals surface area contributed by atoms with Crippen LogP contribution in [0.4, 0.5) is 10.1 Å². The average Bonchev–Trinajstić information content (AvgIpc) is 2.61. The van der Waals surface area contributed by atoms with Crippen molar-refractivity contribution in [3.05, 3.63) is 58.9 Å². The molecule has 0 unspecified atom stereocenters. The summed E-state index contributed by atoms with van der Waals surface area (Å²) in [7, 11) is 1.50. The van der Waals surface area contributed by atoms with Gasteiger partial charge in [-0.2, -0.15) is 0 Å². The third-order valence-electron chi connectivity index (χ3n) is 3.78. The maximum atomic E-state index is 12.9. The molecule has 2 aromatic carbocycles. The molecule has 0 aliphatic carbocycles. The van der Waals surface area contributed by atoms with Crippen LogP contribution in [0.25, 0.3) is 0 Å². The van der Waals surface area contributed by atoms with Crippen molar-refractivity contribution in [2.75, 3.05) is 18.6 Å². The predicted octanol–water partition coefficient (Wildman–Crippen LogP) is 3.55. The van der Waals surface area contributed by atoms with Gasteiger partial charge in [0.2, 0.25) is 11.8 Å². The number of carbonyl (C=O) groups is 2. The molecule has 0 bridgehead atoms. The van der Waals surface area contributed by atoms with Gasteiger partial charge in [0, 0.05) is 31.5 Å². The summed E-state index contributed by atoms with van der Waals surface area (Å²) in [5.74, 6) is -0.276. The maximum Gasteiger partial charge on any atom is 0.223 e. The normalized spacial score (nSPS) is 10.3. The van der Waals surface area contributed by atoms with Crippen LogP contribution >= 0.6 is 11.6 Å². The van der Waals surface area contributed by atoms with E-state index in [1.54, 1.807) is 30.3 Å². The summed E-state index contributed by atoms with van der Waals surface area (Å²) < 4.78 is 18.1. The number of halogens is 2. The molecule has 0 spiro atoms. The Morgan fingerprint density at radius 3 is 2.50 bits per heavy atom. The van der Waals surface area contributed by atoms with Crippen molar-refractivity contribution >= 4 is 29.1 Å². The molecule has 0 atom stereocenters. The monoisotopic (exact) mass is 378 g/mol. The first-order chi connectivity index (χ1) is 12.4. The Balaban J connectivity index is 1.98. The van der Waals surface area contributed by atoms with Crippen molar-refractivity contribution in [1.82, 2.24) is 5.32 Å². The van der Waals surface area contributed by atoms with E-state index in [9.17, 15) is 14.0 Å². The van der Waals surface area contributed by atoms with Crippen LogP contribution in [0.5, 0.6) is 5.75 Å². The van der Waals surface area contributed by atoms with Crippen molar-refractivity contribution in [1.29, 1.82) is 0 Å². The first-order valence-corrected chi connectivity index (χ1v) is 8.41. The lowest BCUT2D eigenvalue weighted by molar-refractivity contribution is -0.121. The molecule has 0 heterocycles. The van der Waals surface area contributed by atoms with Crippen LogP contribution in [-0.4, -0.2) is 25.5 Å². The van der Waals surface area contributed by atoms with Crippen molar-refractivity contribution in [2.45, 2.75) is 19.9 Å². The smallest absolute Gasteiger partial charge is 0.223 e. The molecule has 1 N–H and O–H groups in total. The summed E-state index contributed by atoms with van der Waals surface area (Å²) in [6, 6.07) is 10.8. The number of hydrogen-bond donors (Lipinski definition) is 1. The molecule has 7 heteroatoms. The highest BCUT2D eigenvalue weighted by Gasteiger charge is 2.18. The molecule has 2 aromatic rings. The number of hydrogen-bond acceptors (Lipinski definition) is 3. The predicted molar refractivity (Wildman–Crippen MR) is 98.9 cm³/mol. The molecule has 2 rings (SSSR count). The molecule has 0 saturated heterocycles. The summed E-state index contributed by atoms with van der Waals surface area (Å²) in [5.41, 5.74) is 1.30. The Morgan fingerprint density at radius 2 is 1.88 bits per heavy atom. The van der Waals surface area contributed by atoms with Crippen LogP contribution < -0.4 is 15.0 Å². The fourth-order valence-electron chi connectivity index (χ4n) is 2.43. The van der Waals surface area contributed by atoms with E-state index in [1.807, 2.05) is 0 Å². The van der Waals surface area contributed by atoms with E-state index in [4.69, 9.17) is 16.3 Å². The number of benzene rings is 2. The minimum Gasteiger partial charge on any atom is -0.495 e. The Kier molecular flexibility index (Phi) is 6.97. The molecule has 0 saturated carbocycles. The number of nitrogens with zero attached hydrogens (tertiary/aromatic N) is 1. The van der Waals surface area contributed by atoms with Crippen molar-refractivity contribution in [3.63, 3.8) is 0 Å². The largest absolute Gasteiger partial charge is 0.495 e. The van der Waals surface area contributed by atoms with E-state index in [2.05, 4.69) is 5.32 Å². The molecule has 0 radical (unpaired) electrons.